The molecular formula is C35H29N5O4. The summed E-state index contributed by atoms with van der Waals surface area (Å²) < 4.78 is 6.58. The summed E-state index contributed by atoms with van der Waals surface area (Å²) in [5.41, 5.74) is 4.76. The van der Waals surface area contributed by atoms with Crippen molar-refractivity contribution in [3.05, 3.63) is 129 Å². The predicted molar refractivity (Wildman–Crippen MR) is 168 cm³/mol. The number of carbonyl (C=O) groups is 3. The number of hydrogen-bond donors (Lipinski definition) is 1. The Morgan fingerprint density at radius 1 is 0.750 bits per heavy atom. The van der Waals surface area contributed by atoms with Crippen molar-refractivity contribution in [2.24, 2.45) is 0 Å². The lowest BCUT2D eigenvalue weighted by Gasteiger charge is -2.15. The largest absolute Gasteiger partial charge is 0.497 e. The van der Waals surface area contributed by atoms with Gasteiger partial charge in [-0.05, 0) is 63.6 Å². The van der Waals surface area contributed by atoms with E-state index in [9.17, 15) is 14.4 Å². The van der Waals surface area contributed by atoms with Gasteiger partial charge in [-0.2, -0.15) is 0 Å². The van der Waals surface area contributed by atoms with Crippen LogP contribution in [0.25, 0.3) is 16.7 Å². The van der Waals surface area contributed by atoms with Crippen LogP contribution in [0.1, 0.15) is 64.8 Å². The smallest absolute Gasteiger partial charge is 0.275 e. The van der Waals surface area contributed by atoms with E-state index in [4.69, 9.17) is 9.72 Å². The number of fused-ring (bicyclic) bond motifs is 3. The second-order valence-electron chi connectivity index (χ2n) is 10.8. The molecule has 1 N–H and O–H groups in total. The van der Waals surface area contributed by atoms with E-state index < -0.39 is 17.5 Å². The van der Waals surface area contributed by atoms with Crippen LogP contribution in [0.3, 0.4) is 0 Å². The molecule has 3 aromatic heterocycles. The first-order valence-electron chi connectivity index (χ1n) is 14.0. The number of carbonyl (C=O) groups excluding carboxylic acids is 3. The number of ether oxygens (including phenoxy) is 1. The summed E-state index contributed by atoms with van der Waals surface area (Å²) in [5.74, 6) is -1.05. The minimum Gasteiger partial charge on any atom is -0.497 e. The monoisotopic (exact) mass is 583 g/mol. The van der Waals surface area contributed by atoms with Crippen LogP contribution in [-0.4, -0.2) is 44.2 Å². The molecular weight excluding hydrogens is 554 g/mol. The predicted octanol–water partition coefficient (Wildman–Crippen LogP) is 6.23. The van der Waals surface area contributed by atoms with Gasteiger partial charge in [0.25, 0.3) is 5.91 Å². The second kappa shape index (κ2) is 11.2. The van der Waals surface area contributed by atoms with Gasteiger partial charge in [-0.15, -0.1) is 5.10 Å². The van der Waals surface area contributed by atoms with Crippen molar-refractivity contribution in [2.45, 2.75) is 27.7 Å². The molecule has 0 fully saturated rings. The van der Waals surface area contributed by atoms with Gasteiger partial charge in [0.15, 0.2) is 17.1 Å². The first-order valence-corrected chi connectivity index (χ1v) is 14.0. The Morgan fingerprint density at radius 2 is 1.34 bits per heavy atom. The van der Waals surface area contributed by atoms with Crippen molar-refractivity contribution >= 4 is 39.8 Å². The number of hydrogen-bond acceptors (Lipinski definition) is 7. The molecule has 44 heavy (non-hydrogen) atoms. The number of aryl methyl sites for hydroxylation is 4. The van der Waals surface area contributed by atoms with Gasteiger partial charge in [0, 0.05) is 22.5 Å². The number of pyridine rings is 1. The Balaban J connectivity index is 1.68. The summed E-state index contributed by atoms with van der Waals surface area (Å²) >= 11 is 0. The number of anilines is 1. The van der Waals surface area contributed by atoms with Crippen LogP contribution < -0.4 is 10.1 Å². The van der Waals surface area contributed by atoms with E-state index in [1.54, 1.807) is 67.8 Å². The molecule has 0 aliphatic carbocycles. The maximum absolute atomic E-state index is 14.4. The summed E-state index contributed by atoms with van der Waals surface area (Å²) in [5, 5.41) is 8.12. The quantitative estimate of drug-likeness (QED) is 0.221. The highest BCUT2D eigenvalue weighted by Gasteiger charge is 2.32. The molecule has 0 bridgehead atoms. The second-order valence-corrected chi connectivity index (χ2v) is 10.8. The van der Waals surface area contributed by atoms with Crippen molar-refractivity contribution in [2.75, 3.05) is 12.4 Å². The zero-order valence-corrected chi connectivity index (χ0v) is 24.9. The highest BCUT2D eigenvalue weighted by Crippen LogP contribution is 2.29. The molecule has 9 nitrogen and oxygen atoms in total. The molecule has 0 radical (unpaired) electrons. The highest BCUT2D eigenvalue weighted by molar-refractivity contribution is 6.24. The normalized spacial score (nSPS) is 11.1. The van der Waals surface area contributed by atoms with Crippen molar-refractivity contribution in [1.29, 1.82) is 0 Å². The number of rotatable bonds is 7. The molecule has 6 rings (SSSR count). The minimum atomic E-state index is -0.641. The average Bonchev–Trinajstić information content (AvgIpc) is 3.38. The first kappa shape index (κ1) is 28.4. The maximum atomic E-state index is 14.4. The fourth-order valence-electron chi connectivity index (χ4n) is 5.20. The lowest BCUT2D eigenvalue weighted by molar-refractivity contribution is 0.0980. The van der Waals surface area contributed by atoms with Gasteiger partial charge >= 0.3 is 0 Å². The van der Waals surface area contributed by atoms with E-state index in [-0.39, 0.29) is 22.6 Å². The molecule has 0 saturated heterocycles. The number of aromatic nitrogens is 4. The van der Waals surface area contributed by atoms with Crippen molar-refractivity contribution < 1.29 is 19.1 Å². The SMILES string of the molecule is COc1ccc(NC(=O)c2c(C(=O)c3ccc(C)cc3)c(C(=O)c3ccc(C)cc3)nc3c4c(C)cc(C)nc4nn23)cc1. The zero-order valence-electron chi connectivity index (χ0n) is 24.9. The molecule has 6 aromatic rings. The standard InChI is InChI=1S/C35H29N5O4/c1-19-6-10-23(11-7-19)31(41)28-29(32(42)24-12-8-20(2)9-13-24)38-34-27-21(3)18-22(4)36-33(27)39-40(34)30(28)35(43)37-25-14-16-26(44-5)17-15-25/h6-18H,1-5H3,(H,37,43). The van der Waals surface area contributed by atoms with Gasteiger partial charge in [-0.3, -0.25) is 14.4 Å². The lowest BCUT2D eigenvalue weighted by Crippen LogP contribution is -2.26. The summed E-state index contributed by atoms with van der Waals surface area (Å²) in [7, 11) is 1.55. The molecule has 0 spiro atoms. The van der Waals surface area contributed by atoms with Crippen LogP contribution in [-0.2, 0) is 0 Å². The Hall–Kier alpha value is -5.70. The Kier molecular flexibility index (Phi) is 7.22. The fraction of sp³-hybridized carbons (Fsp3) is 0.143. The topological polar surface area (TPSA) is 116 Å². The third-order valence-electron chi connectivity index (χ3n) is 7.48. The van der Waals surface area contributed by atoms with E-state index in [1.165, 1.54) is 4.52 Å². The molecule has 1 amide bonds. The minimum absolute atomic E-state index is 0.123. The fourth-order valence-corrected chi connectivity index (χ4v) is 5.20. The highest BCUT2D eigenvalue weighted by atomic mass is 16.5. The summed E-state index contributed by atoms with van der Waals surface area (Å²) in [6, 6.07) is 22.6. The van der Waals surface area contributed by atoms with Crippen LogP contribution in [0.4, 0.5) is 5.69 Å². The molecule has 0 unspecified atom stereocenters. The average molecular weight is 584 g/mol. The number of benzene rings is 3. The maximum Gasteiger partial charge on any atom is 0.275 e. The van der Waals surface area contributed by atoms with Crippen LogP contribution in [0.5, 0.6) is 5.75 Å². The van der Waals surface area contributed by atoms with Crippen LogP contribution in [0, 0.1) is 27.7 Å². The van der Waals surface area contributed by atoms with Crippen LogP contribution >= 0.6 is 0 Å². The van der Waals surface area contributed by atoms with Crippen LogP contribution in [0.2, 0.25) is 0 Å². The number of ketones is 2. The van der Waals surface area contributed by atoms with Crippen LogP contribution in [0.15, 0.2) is 78.9 Å². The van der Waals surface area contributed by atoms with Crippen molar-refractivity contribution in [3.8, 4) is 5.75 Å². The molecule has 0 aliphatic heterocycles. The Bertz CT molecular complexity index is 2100. The van der Waals surface area contributed by atoms with E-state index >= 15 is 0 Å². The summed E-state index contributed by atoms with van der Waals surface area (Å²) in [6.07, 6.45) is 0. The molecule has 0 saturated carbocycles. The van der Waals surface area contributed by atoms with Gasteiger partial charge in [0.2, 0.25) is 5.78 Å². The van der Waals surface area contributed by atoms with E-state index in [1.807, 2.05) is 45.9 Å². The summed E-state index contributed by atoms with van der Waals surface area (Å²) in [6.45, 7) is 7.57. The molecule has 0 atom stereocenters. The number of nitrogens with one attached hydrogen (secondary N) is 1. The van der Waals surface area contributed by atoms with E-state index in [0.29, 0.717) is 33.6 Å². The molecule has 3 aromatic carbocycles. The van der Waals surface area contributed by atoms with Crippen molar-refractivity contribution in [1.82, 2.24) is 19.6 Å². The molecule has 218 valence electrons. The van der Waals surface area contributed by atoms with Crippen molar-refractivity contribution in [3.63, 3.8) is 0 Å². The van der Waals surface area contributed by atoms with E-state index in [0.717, 1.165) is 22.4 Å². The van der Waals surface area contributed by atoms with Gasteiger partial charge in [0.1, 0.15) is 17.1 Å². The van der Waals surface area contributed by atoms with Gasteiger partial charge in [-0.25, -0.2) is 14.5 Å². The Labute approximate surface area is 253 Å². The van der Waals surface area contributed by atoms with Gasteiger partial charge < -0.3 is 10.1 Å². The van der Waals surface area contributed by atoms with E-state index in [2.05, 4.69) is 15.4 Å². The third-order valence-corrected chi connectivity index (χ3v) is 7.48. The molecule has 0 aliphatic rings. The molecule has 3 heterocycles. The number of methoxy groups -OCH3 is 1. The number of amides is 1. The zero-order chi connectivity index (χ0) is 31.1. The Morgan fingerprint density at radius 3 is 1.93 bits per heavy atom. The van der Waals surface area contributed by atoms with Gasteiger partial charge in [-0.1, -0.05) is 59.7 Å². The van der Waals surface area contributed by atoms with Gasteiger partial charge in [0.05, 0.1) is 18.1 Å². The lowest BCUT2D eigenvalue weighted by atomic mass is 9.94. The molecule has 9 heteroatoms. The number of nitrogens with zero attached hydrogens (tertiary/aromatic N) is 4. The first-order chi connectivity index (χ1) is 21.1. The third kappa shape index (κ3) is 5.09. The summed E-state index contributed by atoms with van der Waals surface area (Å²) in [4.78, 5) is 52.2.